The van der Waals surface area contributed by atoms with E-state index in [1.807, 2.05) is 30.3 Å². The molecule has 1 fully saturated rings. The van der Waals surface area contributed by atoms with Gasteiger partial charge in [0, 0.05) is 13.1 Å². The highest BCUT2D eigenvalue weighted by atomic mass is 16.7. The highest BCUT2D eigenvalue weighted by Crippen LogP contribution is 2.16. The normalized spacial score (nSPS) is 15.4. The standard InChI is InChI=1S/C12H14N2O4.C5H8O2/c1-13-7-10(11(13)15)14(12(16)17)18-8-9-5-3-2-4-6-9;1-4(2)3-5(6)7/h2-6,10H,7-8H2,1H3,(H,16,17);3H,1-2H3,(H,6,7). The summed E-state index contributed by atoms with van der Waals surface area (Å²) in [7, 11) is 1.62. The summed E-state index contributed by atoms with van der Waals surface area (Å²) in [5, 5.41) is 17.8. The molecule has 0 bridgehead atoms. The summed E-state index contributed by atoms with van der Waals surface area (Å²) >= 11 is 0. The van der Waals surface area contributed by atoms with Crippen molar-refractivity contribution in [3.8, 4) is 0 Å². The van der Waals surface area contributed by atoms with Crippen LogP contribution in [0.5, 0.6) is 0 Å². The molecular weight excluding hydrogens is 328 g/mol. The van der Waals surface area contributed by atoms with Crippen LogP contribution < -0.4 is 0 Å². The van der Waals surface area contributed by atoms with Crippen LogP contribution in [0.15, 0.2) is 42.0 Å². The first-order valence-electron chi connectivity index (χ1n) is 7.54. The van der Waals surface area contributed by atoms with Crippen molar-refractivity contribution in [2.75, 3.05) is 13.6 Å². The Kier molecular flexibility index (Phi) is 7.61. The smallest absolute Gasteiger partial charge is 0.432 e. The Morgan fingerprint density at radius 1 is 1.28 bits per heavy atom. The van der Waals surface area contributed by atoms with Gasteiger partial charge in [0.25, 0.3) is 0 Å². The van der Waals surface area contributed by atoms with Crippen LogP contribution >= 0.6 is 0 Å². The van der Waals surface area contributed by atoms with Gasteiger partial charge in [-0.2, -0.15) is 5.06 Å². The zero-order chi connectivity index (χ0) is 19.0. The second-order valence-electron chi connectivity index (χ2n) is 5.66. The lowest BCUT2D eigenvalue weighted by Crippen LogP contribution is -2.63. The molecule has 1 aliphatic heterocycles. The second-order valence-corrected chi connectivity index (χ2v) is 5.66. The fourth-order valence-electron chi connectivity index (χ4n) is 1.99. The Morgan fingerprint density at radius 2 is 1.88 bits per heavy atom. The quantitative estimate of drug-likeness (QED) is 0.478. The molecule has 8 nitrogen and oxygen atoms in total. The highest BCUT2D eigenvalue weighted by Gasteiger charge is 2.42. The first-order chi connectivity index (χ1) is 11.7. The van der Waals surface area contributed by atoms with E-state index in [2.05, 4.69) is 0 Å². The Bertz CT molecular complexity index is 640. The van der Waals surface area contributed by atoms with E-state index in [-0.39, 0.29) is 12.5 Å². The Hall–Kier alpha value is -2.87. The molecule has 1 atom stereocenters. The van der Waals surface area contributed by atoms with E-state index in [9.17, 15) is 14.4 Å². The van der Waals surface area contributed by atoms with Crippen molar-refractivity contribution in [2.24, 2.45) is 0 Å². The number of amides is 2. The van der Waals surface area contributed by atoms with Gasteiger partial charge in [-0.05, 0) is 19.4 Å². The lowest BCUT2D eigenvalue weighted by atomic mass is 10.1. The molecule has 1 aliphatic rings. The number of aliphatic carboxylic acids is 1. The molecule has 2 amide bonds. The number of allylic oxidation sites excluding steroid dienone is 1. The molecule has 0 radical (unpaired) electrons. The van der Waals surface area contributed by atoms with E-state index in [1.54, 1.807) is 20.9 Å². The van der Waals surface area contributed by atoms with E-state index < -0.39 is 18.1 Å². The number of likely N-dealkylation sites (tertiary alicyclic amines) is 1. The molecule has 1 aromatic rings. The molecule has 136 valence electrons. The number of hydroxylamine groups is 2. The Morgan fingerprint density at radius 3 is 2.24 bits per heavy atom. The van der Waals surface area contributed by atoms with Gasteiger partial charge in [0.1, 0.15) is 6.61 Å². The minimum Gasteiger partial charge on any atom is -0.478 e. The maximum Gasteiger partial charge on any atom is 0.432 e. The topological polar surface area (TPSA) is 107 Å². The van der Waals surface area contributed by atoms with Crippen LogP contribution in [0.1, 0.15) is 19.4 Å². The molecule has 1 heterocycles. The summed E-state index contributed by atoms with van der Waals surface area (Å²) < 4.78 is 0. The van der Waals surface area contributed by atoms with Crippen molar-refractivity contribution >= 4 is 18.0 Å². The number of carboxylic acids is 1. The SMILES string of the molecule is CC(C)=CC(=O)O.CN1CC(N(OCc2ccccc2)C(=O)O)C1=O. The van der Waals surface area contributed by atoms with E-state index in [0.717, 1.165) is 16.2 Å². The summed E-state index contributed by atoms with van der Waals surface area (Å²) in [4.78, 5) is 38.9. The summed E-state index contributed by atoms with van der Waals surface area (Å²) in [5.74, 6) is -1.12. The van der Waals surface area contributed by atoms with Crippen LogP contribution in [0, 0.1) is 0 Å². The first kappa shape index (κ1) is 20.2. The predicted molar refractivity (Wildman–Crippen MR) is 89.6 cm³/mol. The van der Waals surface area contributed by atoms with Crippen molar-refractivity contribution in [3.63, 3.8) is 0 Å². The zero-order valence-electron chi connectivity index (χ0n) is 14.4. The molecule has 0 aromatic heterocycles. The van der Waals surface area contributed by atoms with Crippen molar-refractivity contribution in [2.45, 2.75) is 26.5 Å². The molecule has 0 spiro atoms. The third-order valence-corrected chi connectivity index (χ3v) is 3.20. The first-order valence-corrected chi connectivity index (χ1v) is 7.54. The van der Waals surface area contributed by atoms with Crippen molar-refractivity contribution in [3.05, 3.63) is 47.5 Å². The average molecular weight is 350 g/mol. The molecule has 0 aliphatic carbocycles. The van der Waals surface area contributed by atoms with Crippen molar-refractivity contribution in [1.29, 1.82) is 0 Å². The van der Waals surface area contributed by atoms with E-state index in [4.69, 9.17) is 15.1 Å². The van der Waals surface area contributed by atoms with Crippen LogP contribution in [-0.4, -0.2) is 57.8 Å². The zero-order valence-corrected chi connectivity index (χ0v) is 14.4. The minimum atomic E-state index is -1.25. The van der Waals surface area contributed by atoms with Crippen LogP contribution in [0.3, 0.4) is 0 Å². The van der Waals surface area contributed by atoms with Crippen LogP contribution in [0.25, 0.3) is 0 Å². The van der Waals surface area contributed by atoms with E-state index in [0.29, 0.717) is 6.54 Å². The third kappa shape index (κ3) is 6.64. The molecular formula is C17H22N2O6. The number of β-lactam (4-membered cyclic amide) rings is 1. The van der Waals surface area contributed by atoms with Gasteiger partial charge < -0.3 is 15.1 Å². The van der Waals surface area contributed by atoms with Gasteiger partial charge in [-0.25, -0.2) is 9.59 Å². The van der Waals surface area contributed by atoms with E-state index in [1.165, 1.54) is 11.0 Å². The monoisotopic (exact) mass is 350 g/mol. The fourth-order valence-corrected chi connectivity index (χ4v) is 1.99. The predicted octanol–water partition coefficient (Wildman–Crippen LogP) is 1.98. The number of likely N-dealkylation sites (N-methyl/N-ethyl adjacent to an activating group) is 1. The molecule has 2 rings (SSSR count). The number of carbonyl (C=O) groups excluding carboxylic acids is 1. The third-order valence-electron chi connectivity index (χ3n) is 3.20. The number of hydrogen-bond donors (Lipinski definition) is 2. The summed E-state index contributed by atoms with van der Waals surface area (Å²) in [6.45, 7) is 3.97. The van der Waals surface area contributed by atoms with Crippen LogP contribution in [-0.2, 0) is 21.0 Å². The summed E-state index contributed by atoms with van der Waals surface area (Å²) in [6, 6.07) is 8.47. The molecule has 25 heavy (non-hydrogen) atoms. The largest absolute Gasteiger partial charge is 0.478 e. The Balaban J connectivity index is 0.000000381. The lowest BCUT2D eigenvalue weighted by Gasteiger charge is -2.39. The van der Waals surface area contributed by atoms with Gasteiger partial charge in [-0.15, -0.1) is 0 Å². The van der Waals surface area contributed by atoms with Gasteiger partial charge in [-0.3, -0.25) is 9.63 Å². The number of hydrogen-bond acceptors (Lipinski definition) is 4. The number of carboxylic acid groups (broad SMARTS) is 2. The molecule has 1 saturated heterocycles. The maximum absolute atomic E-state index is 11.5. The van der Waals surface area contributed by atoms with Gasteiger partial charge in [-0.1, -0.05) is 35.9 Å². The fraction of sp³-hybridized carbons (Fsp3) is 0.353. The minimum absolute atomic E-state index is 0.126. The van der Waals surface area contributed by atoms with Gasteiger partial charge in [0.05, 0.1) is 6.54 Å². The lowest BCUT2D eigenvalue weighted by molar-refractivity contribution is -0.198. The average Bonchev–Trinajstić information content (AvgIpc) is 2.54. The number of benzene rings is 1. The van der Waals surface area contributed by atoms with Crippen molar-refractivity contribution in [1.82, 2.24) is 9.96 Å². The van der Waals surface area contributed by atoms with Crippen LogP contribution in [0.4, 0.5) is 4.79 Å². The van der Waals surface area contributed by atoms with Gasteiger partial charge in [0.15, 0.2) is 6.04 Å². The summed E-state index contributed by atoms with van der Waals surface area (Å²) in [6.07, 6.45) is -0.0858. The molecule has 0 saturated carbocycles. The number of nitrogens with zero attached hydrogens (tertiary/aromatic N) is 2. The molecule has 1 aromatic carbocycles. The molecule has 2 N–H and O–H groups in total. The van der Waals surface area contributed by atoms with Crippen LogP contribution in [0.2, 0.25) is 0 Å². The number of rotatable bonds is 5. The second kappa shape index (κ2) is 9.43. The van der Waals surface area contributed by atoms with Crippen molar-refractivity contribution < 1.29 is 29.4 Å². The molecule has 1 unspecified atom stereocenters. The number of carbonyl (C=O) groups is 3. The Labute approximate surface area is 145 Å². The molecule has 8 heteroatoms. The van der Waals surface area contributed by atoms with Gasteiger partial charge in [0.2, 0.25) is 5.91 Å². The summed E-state index contributed by atoms with van der Waals surface area (Å²) in [5.41, 5.74) is 1.66. The maximum atomic E-state index is 11.5. The highest BCUT2D eigenvalue weighted by molar-refractivity contribution is 5.90. The van der Waals surface area contributed by atoms with E-state index >= 15 is 0 Å². The van der Waals surface area contributed by atoms with Gasteiger partial charge >= 0.3 is 12.1 Å².